The van der Waals surface area contributed by atoms with Crippen LogP contribution < -0.4 is 4.90 Å². The Kier molecular flexibility index (Phi) is 8.46. The number of pyridine rings is 2. The number of aliphatic hydroxyl groups is 1. The molecule has 0 aliphatic carbocycles. The molecule has 36 heavy (non-hydrogen) atoms. The van der Waals surface area contributed by atoms with E-state index < -0.39 is 23.8 Å². The van der Waals surface area contributed by atoms with Crippen LogP contribution in [0.15, 0.2) is 24.5 Å². The smallest absolute Gasteiger partial charge is 0.337 e. The van der Waals surface area contributed by atoms with E-state index in [9.17, 15) is 15.0 Å². The van der Waals surface area contributed by atoms with E-state index in [-0.39, 0.29) is 5.41 Å². The van der Waals surface area contributed by atoms with Gasteiger partial charge in [-0.15, -0.1) is 0 Å². The SMILES string of the molecule is Cc1ncc(-c2ccc(C(O)CC(C)C)nc2)c(N2CCC(C)(C)CC2)c1C(OC(C)(C)C)C(=O)O. The molecule has 3 heterocycles. The molecular weight excluding hydrogens is 454 g/mol. The van der Waals surface area contributed by atoms with Gasteiger partial charge in [-0.05, 0) is 64.4 Å². The zero-order valence-corrected chi connectivity index (χ0v) is 23.1. The monoisotopic (exact) mass is 497 g/mol. The molecule has 2 atom stereocenters. The van der Waals surface area contributed by atoms with Crippen molar-refractivity contribution in [3.8, 4) is 11.1 Å². The average molecular weight is 498 g/mol. The minimum atomic E-state index is -1.15. The van der Waals surface area contributed by atoms with Gasteiger partial charge in [0.05, 0.1) is 23.1 Å². The lowest BCUT2D eigenvalue weighted by atomic mass is 9.82. The highest BCUT2D eigenvalue weighted by Crippen LogP contribution is 2.43. The number of piperidine rings is 1. The van der Waals surface area contributed by atoms with Crippen LogP contribution in [0.2, 0.25) is 0 Å². The Morgan fingerprint density at radius 2 is 1.78 bits per heavy atom. The summed E-state index contributed by atoms with van der Waals surface area (Å²) in [6.07, 6.45) is 4.45. The van der Waals surface area contributed by atoms with Crippen LogP contribution in [0.1, 0.15) is 96.9 Å². The second-order valence-electron chi connectivity index (χ2n) is 12.2. The highest BCUT2D eigenvalue weighted by Gasteiger charge is 2.35. The first-order chi connectivity index (χ1) is 16.7. The number of hydrogen-bond acceptors (Lipinski definition) is 6. The minimum absolute atomic E-state index is 0.239. The van der Waals surface area contributed by atoms with Crippen molar-refractivity contribution in [2.75, 3.05) is 18.0 Å². The number of carbonyl (C=O) groups is 1. The molecule has 1 aliphatic heterocycles. The molecule has 0 radical (unpaired) electrons. The largest absolute Gasteiger partial charge is 0.479 e. The molecule has 2 aromatic rings. The molecule has 7 nitrogen and oxygen atoms in total. The van der Waals surface area contributed by atoms with Gasteiger partial charge in [-0.25, -0.2) is 4.79 Å². The van der Waals surface area contributed by atoms with E-state index in [4.69, 9.17) is 4.74 Å². The number of aliphatic carboxylic acids is 1. The number of hydrogen-bond donors (Lipinski definition) is 2. The van der Waals surface area contributed by atoms with E-state index in [0.29, 0.717) is 29.3 Å². The third kappa shape index (κ3) is 6.83. The fourth-order valence-electron chi connectivity index (χ4n) is 4.73. The van der Waals surface area contributed by atoms with Crippen LogP contribution in [0.4, 0.5) is 5.69 Å². The lowest BCUT2D eigenvalue weighted by Gasteiger charge is -2.41. The van der Waals surface area contributed by atoms with Gasteiger partial charge in [0, 0.05) is 47.9 Å². The van der Waals surface area contributed by atoms with Gasteiger partial charge >= 0.3 is 5.97 Å². The van der Waals surface area contributed by atoms with Gasteiger partial charge in [-0.3, -0.25) is 9.97 Å². The van der Waals surface area contributed by atoms with Gasteiger partial charge in [0.25, 0.3) is 0 Å². The number of carboxylic acid groups (broad SMARTS) is 1. The number of aryl methyl sites for hydroxylation is 1. The van der Waals surface area contributed by atoms with E-state index in [1.807, 2.05) is 46.0 Å². The van der Waals surface area contributed by atoms with Gasteiger partial charge in [-0.1, -0.05) is 33.8 Å². The normalized spacial score (nSPS) is 17.8. The molecule has 0 aromatic carbocycles. The Labute approximate surface area is 215 Å². The summed E-state index contributed by atoms with van der Waals surface area (Å²) in [5, 5.41) is 20.8. The van der Waals surface area contributed by atoms with Crippen molar-refractivity contribution in [3.05, 3.63) is 41.5 Å². The summed E-state index contributed by atoms with van der Waals surface area (Å²) in [7, 11) is 0. The molecule has 198 valence electrons. The summed E-state index contributed by atoms with van der Waals surface area (Å²) in [6.45, 7) is 17.8. The first kappa shape index (κ1) is 28.1. The second kappa shape index (κ2) is 10.9. The van der Waals surface area contributed by atoms with Crippen molar-refractivity contribution in [3.63, 3.8) is 0 Å². The van der Waals surface area contributed by atoms with Gasteiger partial charge < -0.3 is 19.8 Å². The third-order valence-corrected chi connectivity index (χ3v) is 6.81. The van der Waals surface area contributed by atoms with E-state index in [0.717, 1.165) is 42.7 Å². The predicted octanol–water partition coefficient (Wildman–Crippen LogP) is 6.10. The predicted molar refractivity (Wildman–Crippen MR) is 143 cm³/mol. The van der Waals surface area contributed by atoms with Crippen molar-refractivity contribution >= 4 is 11.7 Å². The number of anilines is 1. The quantitative estimate of drug-likeness (QED) is 0.455. The Morgan fingerprint density at radius 1 is 1.14 bits per heavy atom. The molecule has 1 saturated heterocycles. The summed E-state index contributed by atoms with van der Waals surface area (Å²) in [5.74, 6) is -0.674. The number of aromatic nitrogens is 2. The van der Waals surface area contributed by atoms with Crippen LogP contribution >= 0.6 is 0 Å². The summed E-state index contributed by atoms with van der Waals surface area (Å²) in [6, 6.07) is 3.80. The maximum atomic E-state index is 12.5. The number of ether oxygens (including phenoxy) is 1. The molecule has 1 fully saturated rings. The Hall–Kier alpha value is -2.51. The van der Waals surface area contributed by atoms with Crippen LogP contribution in [-0.2, 0) is 9.53 Å². The Bertz CT molecular complexity index is 1050. The molecule has 1 aliphatic rings. The topological polar surface area (TPSA) is 95.8 Å². The van der Waals surface area contributed by atoms with Gasteiger partial charge in [0.2, 0.25) is 0 Å². The van der Waals surface area contributed by atoms with Crippen LogP contribution in [0.25, 0.3) is 11.1 Å². The van der Waals surface area contributed by atoms with Gasteiger partial charge in [0.15, 0.2) is 6.10 Å². The van der Waals surface area contributed by atoms with Gasteiger partial charge in [0.1, 0.15) is 0 Å². The molecule has 7 heteroatoms. The lowest BCUT2D eigenvalue weighted by Crippen LogP contribution is -2.39. The van der Waals surface area contributed by atoms with Gasteiger partial charge in [-0.2, -0.15) is 0 Å². The van der Waals surface area contributed by atoms with Crippen LogP contribution in [0.3, 0.4) is 0 Å². The fraction of sp³-hybridized carbons (Fsp3) is 0.621. The Morgan fingerprint density at radius 3 is 2.28 bits per heavy atom. The van der Waals surface area contributed by atoms with E-state index in [2.05, 4.69) is 42.6 Å². The summed E-state index contributed by atoms with van der Waals surface area (Å²) in [4.78, 5) is 24.0. The third-order valence-electron chi connectivity index (χ3n) is 6.81. The van der Waals surface area contributed by atoms with Crippen molar-refractivity contribution in [1.82, 2.24) is 9.97 Å². The van der Waals surface area contributed by atoms with Crippen LogP contribution in [0, 0.1) is 18.3 Å². The van der Waals surface area contributed by atoms with Crippen LogP contribution in [0.5, 0.6) is 0 Å². The summed E-state index contributed by atoms with van der Waals surface area (Å²) >= 11 is 0. The first-order valence-corrected chi connectivity index (χ1v) is 13.0. The maximum absolute atomic E-state index is 12.5. The lowest BCUT2D eigenvalue weighted by molar-refractivity contribution is -0.160. The van der Waals surface area contributed by atoms with E-state index in [1.165, 1.54) is 0 Å². The molecule has 0 spiro atoms. The summed E-state index contributed by atoms with van der Waals surface area (Å²) < 4.78 is 6.10. The number of rotatable bonds is 8. The van der Waals surface area contributed by atoms with E-state index in [1.54, 1.807) is 6.20 Å². The molecule has 3 rings (SSSR count). The zero-order chi connectivity index (χ0) is 26.8. The highest BCUT2D eigenvalue weighted by molar-refractivity contribution is 5.86. The number of carboxylic acids is 1. The number of aliphatic hydroxyl groups excluding tert-OH is 1. The van der Waals surface area contributed by atoms with Crippen molar-refractivity contribution in [2.45, 2.75) is 92.5 Å². The molecular formula is C29H43N3O4. The van der Waals surface area contributed by atoms with Crippen molar-refractivity contribution < 1.29 is 19.7 Å². The summed E-state index contributed by atoms with van der Waals surface area (Å²) in [5.41, 5.74) is 3.98. The van der Waals surface area contributed by atoms with Crippen molar-refractivity contribution in [2.24, 2.45) is 11.3 Å². The maximum Gasteiger partial charge on any atom is 0.337 e. The van der Waals surface area contributed by atoms with Crippen LogP contribution in [-0.4, -0.2) is 44.8 Å². The minimum Gasteiger partial charge on any atom is -0.479 e. The standard InChI is InChI=1S/C29H43N3O4/c1-18(2)15-23(33)22-10-9-20(16-31-22)21-17-30-19(3)24(26(27(34)35)36-28(4,5)6)25(21)32-13-11-29(7,8)12-14-32/h9-10,16-18,23,26,33H,11-15H2,1-8H3,(H,34,35). The Balaban J connectivity index is 2.15. The number of nitrogens with zero attached hydrogens (tertiary/aromatic N) is 3. The van der Waals surface area contributed by atoms with E-state index >= 15 is 0 Å². The average Bonchev–Trinajstić information content (AvgIpc) is 2.76. The molecule has 0 bridgehead atoms. The second-order valence-corrected chi connectivity index (χ2v) is 12.2. The molecule has 0 saturated carbocycles. The molecule has 2 N–H and O–H groups in total. The highest BCUT2D eigenvalue weighted by atomic mass is 16.5. The zero-order valence-electron chi connectivity index (χ0n) is 23.1. The first-order valence-electron chi connectivity index (χ1n) is 13.0. The molecule has 0 amide bonds. The van der Waals surface area contributed by atoms with Crippen molar-refractivity contribution in [1.29, 1.82) is 0 Å². The molecule has 2 aromatic heterocycles. The molecule has 2 unspecified atom stereocenters. The fourth-order valence-corrected chi connectivity index (χ4v) is 4.73.